The number of carbonyl (C=O) groups excluding carboxylic acids is 2. The lowest BCUT2D eigenvalue weighted by Gasteiger charge is -2.49. The number of nitrogens with two attached hydrogens (primary N) is 1. The molecule has 0 bridgehead atoms. The van der Waals surface area contributed by atoms with Gasteiger partial charge >= 0.3 is 0 Å². The van der Waals surface area contributed by atoms with E-state index in [1.165, 1.54) is 0 Å². The summed E-state index contributed by atoms with van der Waals surface area (Å²) in [5.41, 5.74) is 6.59. The van der Waals surface area contributed by atoms with Crippen molar-refractivity contribution in [1.82, 2.24) is 24.5 Å². The molecule has 2 aliphatic rings. The summed E-state index contributed by atoms with van der Waals surface area (Å²) in [4.78, 5) is 30.9. The molecule has 2 amide bonds. The van der Waals surface area contributed by atoms with Gasteiger partial charge in [0.25, 0.3) is 0 Å². The molecule has 0 radical (unpaired) electrons. The normalized spacial score (nSPS) is 25.5. The third-order valence-corrected chi connectivity index (χ3v) is 5.71. The number of carbonyl (C=O) groups is 2. The first-order chi connectivity index (χ1) is 11.8. The van der Waals surface area contributed by atoms with Gasteiger partial charge in [0.05, 0.1) is 5.69 Å². The van der Waals surface area contributed by atoms with E-state index in [-0.39, 0.29) is 23.9 Å². The first-order valence-electron chi connectivity index (χ1n) is 8.84. The van der Waals surface area contributed by atoms with Gasteiger partial charge in [-0.1, -0.05) is 0 Å². The Morgan fingerprint density at radius 2 is 2.04 bits per heavy atom. The maximum Gasteiger partial charge on any atom is 0.244 e. The summed E-state index contributed by atoms with van der Waals surface area (Å²) >= 11 is 0. The zero-order valence-electron chi connectivity index (χ0n) is 15.4. The number of anilines is 1. The van der Waals surface area contributed by atoms with Crippen molar-refractivity contribution >= 4 is 17.6 Å². The summed E-state index contributed by atoms with van der Waals surface area (Å²) in [6.45, 7) is 4.93. The summed E-state index contributed by atoms with van der Waals surface area (Å²) in [5.74, 6) is 0.732. The molecule has 0 aromatic carbocycles. The molecule has 8 nitrogen and oxygen atoms in total. The molecule has 8 heteroatoms. The van der Waals surface area contributed by atoms with E-state index >= 15 is 0 Å². The third-order valence-electron chi connectivity index (χ3n) is 5.71. The van der Waals surface area contributed by atoms with Gasteiger partial charge in [0, 0.05) is 51.3 Å². The molecule has 138 valence electrons. The van der Waals surface area contributed by atoms with Crippen molar-refractivity contribution in [2.75, 3.05) is 46.0 Å². The van der Waals surface area contributed by atoms with Gasteiger partial charge in [-0.2, -0.15) is 5.10 Å². The summed E-state index contributed by atoms with van der Waals surface area (Å²) in [7, 11) is 3.96. The van der Waals surface area contributed by atoms with E-state index in [0.717, 1.165) is 31.6 Å². The minimum Gasteiger partial charge on any atom is -0.384 e. The first-order valence-corrected chi connectivity index (χ1v) is 8.84. The fourth-order valence-corrected chi connectivity index (χ4v) is 3.89. The van der Waals surface area contributed by atoms with E-state index in [1.54, 1.807) is 15.6 Å². The Balaban J connectivity index is 1.72. The molecular formula is C17H28N6O2. The van der Waals surface area contributed by atoms with Crippen LogP contribution in [0.4, 0.5) is 5.82 Å². The molecule has 1 unspecified atom stereocenters. The SMILES string of the molecule is Cc1cc(N)n(CC(=O)N2CCN(C)C3(CCC(=O)N(C)CC3)C2)n1. The van der Waals surface area contributed by atoms with Gasteiger partial charge in [0.2, 0.25) is 11.8 Å². The van der Waals surface area contributed by atoms with E-state index in [9.17, 15) is 9.59 Å². The lowest BCUT2D eigenvalue weighted by molar-refractivity contribution is -0.137. The summed E-state index contributed by atoms with van der Waals surface area (Å²) in [6, 6.07) is 1.77. The van der Waals surface area contributed by atoms with Crippen LogP contribution in [0, 0.1) is 6.92 Å². The van der Waals surface area contributed by atoms with Crippen LogP contribution >= 0.6 is 0 Å². The largest absolute Gasteiger partial charge is 0.384 e. The quantitative estimate of drug-likeness (QED) is 0.808. The number of nitrogen functional groups attached to an aromatic ring is 1. The fourth-order valence-electron chi connectivity index (χ4n) is 3.89. The fraction of sp³-hybridized carbons (Fsp3) is 0.706. The third kappa shape index (κ3) is 3.49. The van der Waals surface area contributed by atoms with Crippen molar-refractivity contribution in [2.24, 2.45) is 0 Å². The number of piperazine rings is 1. The van der Waals surface area contributed by atoms with Crippen LogP contribution < -0.4 is 5.73 Å². The zero-order chi connectivity index (χ0) is 18.2. The van der Waals surface area contributed by atoms with Crippen molar-refractivity contribution in [3.8, 4) is 0 Å². The van der Waals surface area contributed by atoms with Crippen molar-refractivity contribution < 1.29 is 9.59 Å². The molecular weight excluding hydrogens is 320 g/mol. The number of amides is 2. The van der Waals surface area contributed by atoms with Crippen LogP contribution in [-0.4, -0.2) is 82.1 Å². The van der Waals surface area contributed by atoms with Crippen LogP contribution in [0.2, 0.25) is 0 Å². The molecule has 2 aliphatic heterocycles. The summed E-state index contributed by atoms with van der Waals surface area (Å²) in [5, 5.41) is 4.28. The van der Waals surface area contributed by atoms with E-state index in [1.807, 2.05) is 18.9 Å². The van der Waals surface area contributed by atoms with Gasteiger partial charge in [-0.15, -0.1) is 0 Å². The average molecular weight is 348 g/mol. The zero-order valence-corrected chi connectivity index (χ0v) is 15.4. The highest BCUT2D eigenvalue weighted by Gasteiger charge is 2.42. The van der Waals surface area contributed by atoms with Gasteiger partial charge in [-0.3, -0.25) is 14.5 Å². The van der Waals surface area contributed by atoms with Crippen LogP contribution in [0.5, 0.6) is 0 Å². The Hall–Kier alpha value is -2.09. The van der Waals surface area contributed by atoms with Crippen LogP contribution in [0.3, 0.4) is 0 Å². The van der Waals surface area contributed by atoms with Crippen LogP contribution in [0.15, 0.2) is 6.07 Å². The molecule has 1 atom stereocenters. The Bertz CT molecular complexity index is 672. The molecule has 1 spiro atoms. The van der Waals surface area contributed by atoms with Gasteiger partial charge in [-0.05, 0) is 26.8 Å². The van der Waals surface area contributed by atoms with Crippen molar-refractivity contribution in [2.45, 2.75) is 38.3 Å². The molecule has 2 saturated heterocycles. The topological polar surface area (TPSA) is 87.7 Å². The Labute approximate surface area is 148 Å². The van der Waals surface area contributed by atoms with Gasteiger partial charge in [0.15, 0.2) is 0 Å². The molecule has 0 aliphatic carbocycles. The Morgan fingerprint density at radius 1 is 1.28 bits per heavy atom. The van der Waals surface area contributed by atoms with Gasteiger partial charge in [0.1, 0.15) is 12.4 Å². The van der Waals surface area contributed by atoms with Gasteiger partial charge in [-0.25, -0.2) is 4.68 Å². The second-order valence-corrected chi connectivity index (χ2v) is 7.39. The van der Waals surface area contributed by atoms with E-state index < -0.39 is 0 Å². The monoisotopic (exact) mass is 348 g/mol. The number of aromatic nitrogens is 2. The number of nitrogens with zero attached hydrogens (tertiary/aromatic N) is 5. The Morgan fingerprint density at radius 3 is 2.72 bits per heavy atom. The lowest BCUT2D eigenvalue weighted by atomic mass is 9.86. The van der Waals surface area contributed by atoms with Crippen LogP contribution in [0.25, 0.3) is 0 Å². The maximum atomic E-state index is 12.8. The van der Waals surface area contributed by atoms with Crippen molar-refractivity contribution in [3.05, 3.63) is 11.8 Å². The number of hydrogen-bond donors (Lipinski definition) is 1. The molecule has 3 heterocycles. The van der Waals surface area contributed by atoms with E-state index in [0.29, 0.717) is 25.3 Å². The lowest BCUT2D eigenvalue weighted by Crippen LogP contribution is -2.62. The number of likely N-dealkylation sites (tertiary alicyclic amines) is 1. The highest BCUT2D eigenvalue weighted by Crippen LogP contribution is 2.32. The minimum absolute atomic E-state index is 0.0335. The molecule has 3 rings (SSSR count). The number of rotatable bonds is 2. The first kappa shape index (κ1) is 17.7. The summed E-state index contributed by atoms with van der Waals surface area (Å²) in [6.07, 6.45) is 2.21. The molecule has 1 aromatic heterocycles. The molecule has 0 saturated carbocycles. The second-order valence-electron chi connectivity index (χ2n) is 7.39. The smallest absolute Gasteiger partial charge is 0.244 e. The standard InChI is InChI=1S/C17H28N6O2/c1-13-10-14(18)23(19-13)11-16(25)22-9-8-21(3)17(12-22)5-4-15(24)20(2)7-6-17/h10H,4-9,11-12,18H2,1-3H3. The maximum absolute atomic E-state index is 12.8. The number of hydrogen-bond acceptors (Lipinski definition) is 5. The van der Waals surface area contributed by atoms with Crippen molar-refractivity contribution in [1.29, 1.82) is 0 Å². The molecule has 2 fully saturated rings. The van der Waals surface area contributed by atoms with Crippen LogP contribution in [-0.2, 0) is 16.1 Å². The molecule has 1 aromatic rings. The van der Waals surface area contributed by atoms with Gasteiger partial charge < -0.3 is 15.5 Å². The van der Waals surface area contributed by atoms with E-state index in [4.69, 9.17) is 5.73 Å². The van der Waals surface area contributed by atoms with Crippen molar-refractivity contribution in [3.63, 3.8) is 0 Å². The minimum atomic E-state index is -0.125. The Kier molecular flexibility index (Phi) is 4.73. The average Bonchev–Trinajstić information content (AvgIpc) is 2.81. The number of likely N-dealkylation sites (N-methyl/N-ethyl adjacent to an activating group) is 1. The highest BCUT2D eigenvalue weighted by molar-refractivity contribution is 5.77. The predicted molar refractivity (Wildman–Crippen MR) is 94.8 cm³/mol. The highest BCUT2D eigenvalue weighted by atomic mass is 16.2. The molecule has 2 N–H and O–H groups in total. The second kappa shape index (κ2) is 6.67. The van der Waals surface area contributed by atoms with Crippen LogP contribution in [0.1, 0.15) is 25.0 Å². The summed E-state index contributed by atoms with van der Waals surface area (Å²) < 4.78 is 1.56. The molecule has 25 heavy (non-hydrogen) atoms. The predicted octanol–water partition coefficient (Wildman–Crippen LogP) is -0.0712. The van der Waals surface area contributed by atoms with E-state index in [2.05, 4.69) is 17.0 Å². The number of aryl methyl sites for hydroxylation is 1.